The van der Waals surface area contributed by atoms with Crippen LogP contribution in [0.3, 0.4) is 0 Å². The number of halogens is 2. The van der Waals surface area contributed by atoms with Gasteiger partial charge >= 0.3 is 0 Å². The molecule has 2 rings (SSSR count). The van der Waals surface area contributed by atoms with E-state index in [-0.39, 0.29) is 5.75 Å². The van der Waals surface area contributed by atoms with Crippen LogP contribution in [0.4, 0.5) is 8.78 Å². The average molecular weight is 448 g/mol. The van der Waals surface area contributed by atoms with Gasteiger partial charge in [0.25, 0.3) is 0 Å². The highest BCUT2D eigenvalue weighted by molar-refractivity contribution is 5.61. The molecule has 3 nitrogen and oxygen atoms in total. The van der Waals surface area contributed by atoms with Gasteiger partial charge in [-0.1, -0.05) is 71.6 Å². The van der Waals surface area contributed by atoms with Gasteiger partial charge in [0.05, 0.1) is 18.5 Å². The zero-order valence-electron chi connectivity index (χ0n) is 19.8. The van der Waals surface area contributed by atoms with Crippen molar-refractivity contribution in [3.63, 3.8) is 0 Å². The predicted molar refractivity (Wildman–Crippen MR) is 127 cm³/mol. The summed E-state index contributed by atoms with van der Waals surface area (Å²) in [6, 6.07) is 7.94. The molecule has 0 radical (unpaired) electrons. The monoisotopic (exact) mass is 447 g/mol. The topological polar surface area (TPSA) is 31.4 Å². The van der Waals surface area contributed by atoms with Crippen molar-refractivity contribution in [2.24, 2.45) is 0 Å². The summed E-state index contributed by atoms with van der Waals surface area (Å²) in [5.74, 6) is 0.402. The van der Waals surface area contributed by atoms with E-state index < -0.39 is 12.2 Å². The normalized spacial score (nSPS) is 12.0. The highest BCUT2D eigenvalue weighted by Gasteiger charge is 2.12. The lowest BCUT2D eigenvalue weighted by atomic mass is 10.1. The summed E-state index contributed by atoms with van der Waals surface area (Å²) in [6.07, 6.45) is 13.0. The second-order valence-corrected chi connectivity index (χ2v) is 8.37. The molecule has 1 aromatic heterocycles. The van der Waals surface area contributed by atoms with E-state index in [1.807, 2.05) is 0 Å². The number of benzene rings is 1. The largest absolute Gasteiger partial charge is 0.492 e. The van der Waals surface area contributed by atoms with Crippen molar-refractivity contribution in [1.29, 1.82) is 0 Å². The Kier molecular flexibility index (Phi) is 12.7. The highest BCUT2D eigenvalue weighted by atomic mass is 19.1. The molecule has 1 aromatic carbocycles. The van der Waals surface area contributed by atoms with Crippen LogP contribution < -0.4 is 9.47 Å². The number of unbranched alkanes of at least 4 members (excludes halogenated alkanes) is 9. The number of ether oxygens (including phenoxy) is 2. The minimum atomic E-state index is -1.41. The molecule has 0 spiro atoms. The van der Waals surface area contributed by atoms with Crippen LogP contribution in [-0.4, -0.2) is 17.9 Å². The lowest BCUT2D eigenvalue weighted by Crippen LogP contribution is -2.10. The first-order valence-electron chi connectivity index (χ1n) is 12.3. The third kappa shape index (κ3) is 9.97. The van der Waals surface area contributed by atoms with Gasteiger partial charge in [-0.15, -0.1) is 0 Å². The minimum Gasteiger partial charge on any atom is -0.492 e. The lowest BCUT2D eigenvalue weighted by Gasteiger charge is -2.12. The van der Waals surface area contributed by atoms with Crippen molar-refractivity contribution in [3.05, 3.63) is 42.3 Å². The van der Waals surface area contributed by atoms with Gasteiger partial charge in [-0.05, 0) is 37.1 Å². The maximum Gasteiger partial charge on any atom is 0.238 e. The number of aromatic nitrogens is 1. The van der Waals surface area contributed by atoms with Crippen molar-refractivity contribution in [2.45, 2.75) is 97.3 Å². The number of hydrogen-bond donors (Lipinski definition) is 0. The van der Waals surface area contributed by atoms with Crippen LogP contribution in [0, 0.1) is 5.82 Å². The number of pyridine rings is 1. The van der Waals surface area contributed by atoms with Gasteiger partial charge in [0, 0.05) is 18.1 Å². The SMILES string of the molecule is CCCCCCCCOc1ccc(-c2ccc(OC(F)CCCCCCC)cc2F)nc1. The summed E-state index contributed by atoms with van der Waals surface area (Å²) < 4.78 is 39.6. The molecular formula is C27H39F2NO2. The fourth-order valence-electron chi connectivity index (χ4n) is 3.59. The van der Waals surface area contributed by atoms with Crippen LogP contribution in [0.5, 0.6) is 11.5 Å². The first-order chi connectivity index (χ1) is 15.6. The molecule has 2 aromatic rings. The summed E-state index contributed by atoms with van der Waals surface area (Å²) >= 11 is 0. The van der Waals surface area contributed by atoms with E-state index in [4.69, 9.17) is 9.47 Å². The Bertz CT molecular complexity index is 752. The smallest absolute Gasteiger partial charge is 0.238 e. The van der Waals surface area contributed by atoms with Gasteiger partial charge in [-0.2, -0.15) is 0 Å². The van der Waals surface area contributed by atoms with Crippen LogP contribution in [-0.2, 0) is 0 Å². The second-order valence-electron chi connectivity index (χ2n) is 8.37. The van der Waals surface area contributed by atoms with Crippen LogP contribution in [0.2, 0.25) is 0 Å². The standard InChI is InChI=1S/C27H39F2NO2/c1-3-5-7-9-11-13-19-31-23-16-18-26(30-21-23)24-17-15-22(20-25(24)28)32-27(29)14-12-10-8-6-4-2/h15-18,20-21,27H,3-14,19H2,1-2H3. The molecule has 0 saturated carbocycles. The zero-order chi connectivity index (χ0) is 23.0. The summed E-state index contributed by atoms with van der Waals surface area (Å²) in [6.45, 7) is 5.02. The Hall–Kier alpha value is -2.17. The van der Waals surface area contributed by atoms with Crippen LogP contribution in [0.1, 0.15) is 90.9 Å². The third-order valence-electron chi connectivity index (χ3n) is 5.52. The molecule has 0 saturated heterocycles. The highest BCUT2D eigenvalue weighted by Crippen LogP contribution is 2.27. The van der Waals surface area contributed by atoms with Crippen molar-refractivity contribution in [2.75, 3.05) is 6.61 Å². The molecule has 0 fully saturated rings. The molecule has 0 aliphatic carbocycles. The Morgan fingerprint density at radius 3 is 2.12 bits per heavy atom. The predicted octanol–water partition coefficient (Wildman–Crippen LogP) is 8.66. The van der Waals surface area contributed by atoms with E-state index in [0.717, 1.165) is 32.1 Å². The second kappa shape index (κ2) is 15.6. The molecule has 0 aliphatic heterocycles. The molecule has 178 valence electrons. The molecule has 1 unspecified atom stereocenters. The van der Waals surface area contributed by atoms with E-state index in [2.05, 4.69) is 18.8 Å². The lowest BCUT2D eigenvalue weighted by molar-refractivity contribution is 0.0566. The van der Waals surface area contributed by atoms with Crippen molar-refractivity contribution < 1.29 is 18.3 Å². The van der Waals surface area contributed by atoms with Crippen LogP contribution >= 0.6 is 0 Å². The third-order valence-corrected chi connectivity index (χ3v) is 5.52. The van der Waals surface area contributed by atoms with Crippen molar-refractivity contribution >= 4 is 0 Å². The summed E-state index contributed by atoms with van der Waals surface area (Å²) in [4.78, 5) is 4.32. The Balaban J connectivity index is 1.78. The molecule has 32 heavy (non-hydrogen) atoms. The van der Waals surface area contributed by atoms with Crippen LogP contribution in [0.25, 0.3) is 11.3 Å². The van der Waals surface area contributed by atoms with E-state index in [1.165, 1.54) is 44.6 Å². The van der Waals surface area contributed by atoms with Crippen molar-refractivity contribution in [1.82, 2.24) is 4.98 Å². The number of nitrogens with zero attached hydrogens (tertiary/aromatic N) is 1. The molecule has 0 N–H and O–H groups in total. The van der Waals surface area contributed by atoms with Gasteiger partial charge in [-0.3, -0.25) is 4.98 Å². The van der Waals surface area contributed by atoms with Crippen LogP contribution in [0.15, 0.2) is 36.5 Å². The Labute approximate surface area is 192 Å². The van der Waals surface area contributed by atoms with Crippen molar-refractivity contribution in [3.8, 4) is 22.8 Å². The fourth-order valence-corrected chi connectivity index (χ4v) is 3.59. The van der Waals surface area contributed by atoms with Gasteiger partial charge in [0.2, 0.25) is 6.36 Å². The molecule has 0 bridgehead atoms. The summed E-state index contributed by atoms with van der Waals surface area (Å²) in [5.41, 5.74) is 0.864. The van der Waals surface area contributed by atoms with Gasteiger partial charge < -0.3 is 9.47 Å². The maximum atomic E-state index is 14.6. The first kappa shape index (κ1) is 26.1. The summed E-state index contributed by atoms with van der Waals surface area (Å²) in [5, 5.41) is 0. The minimum absolute atomic E-state index is 0.200. The molecular weight excluding hydrogens is 408 g/mol. The summed E-state index contributed by atoms with van der Waals surface area (Å²) in [7, 11) is 0. The van der Waals surface area contributed by atoms with E-state index in [1.54, 1.807) is 30.5 Å². The zero-order valence-corrected chi connectivity index (χ0v) is 19.8. The van der Waals surface area contributed by atoms with E-state index in [0.29, 0.717) is 30.0 Å². The van der Waals surface area contributed by atoms with E-state index >= 15 is 0 Å². The Morgan fingerprint density at radius 1 is 0.812 bits per heavy atom. The van der Waals surface area contributed by atoms with Gasteiger partial charge in [-0.25, -0.2) is 8.78 Å². The average Bonchev–Trinajstić information content (AvgIpc) is 2.79. The number of rotatable bonds is 17. The van der Waals surface area contributed by atoms with Gasteiger partial charge in [0.1, 0.15) is 17.3 Å². The van der Waals surface area contributed by atoms with E-state index in [9.17, 15) is 8.78 Å². The molecule has 0 aliphatic rings. The quantitative estimate of drug-likeness (QED) is 0.227. The molecule has 1 heterocycles. The number of hydrogen-bond acceptors (Lipinski definition) is 3. The molecule has 1 atom stereocenters. The first-order valence-corrected chi connectivity index (χ1v) is 12.3. The molecule has 0 amide bonds. The molecule has 5 heteroatoms. The fraction of sp³-hybridized carbons (Fsp3) is 0.593. The Morgan fingerprint density at radius 2 is 1.47 bits per heavy atom. The number of alkyl halides is 1. The van der Waals surface area contributed by atoms with Gasteiger partial charge in [0.15, 0.2) is 0 Å². The maximum absolute atomic E-state index is 14.6.